The zero-order valence-electron chi connectivity index (χ0n) is 12.1. The summed E-state index contributed by atoms with van der Waals surface area (Å²) >= 11 is 0. The van der Waals surface area contributed by atoms with Crippen molar-refractivity contribution in [2.24, 2.45) is 0 Å². The Hall–Kier alpha value is -2.28. The van der Waals surface area contributed by atoms with Crippen LogP contribution in [0.15, 0.2) is 18.2 Å². The maximum atomic E-state index is 12.0. The van der Waals surface area contributed by atoms with Gasteiger partial charge >= 0.3 is 12.0 Å². The van der Waals surface area contributed by atoms with Gasteiger partial charge in [0.15, 0.2) is 0 Å². The van der Waals surface area contributed by atoms with Crippen LogP contribution in [0.25, 0.3) is 0 Å². The standard InChI is InChI=1S/C14H20N2O5/c1-3-16(7-8-21-4-2)14(20)15-10-5-6-11(13(18)19)12(17)9-10/h5-6,9,17H,3-4,7-8H2,1-2H3,(H,15,20)(H,18,19). The molecule has 0 aromatic heterocycles. The Morgan fingerprint density at radius 2 is 2.05 bits per heavy atom. The van der Waals surface area contributed by atoms with E-state index in [2.05, 4.69) is 5.32 Å². The molecule has 0 saturated heterocycles. The van der Waals surface area contributed by atoms with Crippen molar-refractivity contribution in [1.29, 1.82) is 0 Å². The Labute approximate surface area is 123 Å². The number of nitrogens with one attached hydrogen (secondary N) is 1. The van der Waals surface area contributed by atoms with Crippen LogP contribution in [0.4, 0.5) is 10.5 Å². The van der Waals surface area contributed by atoms with E-state index in [1.165, 1.54) is 18.2 Å². The number of ether oxygens (including phenoxy) is 1. The second-order valence-corrected chi connectivity index (χ2v) is 4.24. The molecule has 7 nitrogen and oxygen atoms in total. The number of benzene rings is 1. The first-order chi connectivity index (χ1) is 9.99. The molecule has 0 aliphatic carbocycles. The van der Waals surface area contributed by atoms with Crippen molar-refractivity contribution < 1.29 is 24.5 Å². The van der Waals surface area contributed by atoms with Crippen molar-refractivity contribution in [1.82, 2.24) is 4.90 Å². The van der Waals surface area contributed by atoms with Crippen molar-refractivity contribution in [3.8, 4) is 5.75 Å². The van der Waals surface area contributed by atoms with E-state index >= 15 is 0 Å². The summed E-state index contributed by atoms with van der Waals surface area (Å²) in [5, 5.41) is 21.0. The van der Waals surface area contributed by atoms with Crippen LogP contribution >= 0.6 is 0 Å². The van der Waals surface area contributed by atoms with Gasteiger partial charge in [-0.1, -0.05) is 0 Å². The highest BCUT2D eigenvalue weighted by Crippen LogP contribution is 2.22. The predicted octanol–water partition coefficient (Wildman–Crippen LogP) is 1.98. The van der Waals surface area contributed by atoms with E-state index in [0.717, 1.165) is 0 Å². The third-order valence-electron chi connectivity index (χ3n) is 2.86. The lowest BCUT2D eigenvalue weighted by Gasteiger charge is -2.21. The molecule has 2 amide bonds. The summed E-state index contributed by atoms with van der Waals surface area (Å²) in [6.45, 7) is 5.72. The topological polar surface area (TPSA) is 99.1 Å². The Morgan fingerprint density at radius 3 is 2.57 bits per heavy atom. The number of rotatable bonds is 7. The minimum absolute atomic E-state index is 0.211. The van der Waals surface area contributed by atoms with Gasteiger partial charge in [-0.25, -0.2) is 9.59 Å². The Bertz CT molecular complexity index is 504. The van der Waals surface area contributed by atoms with Crippen LogP contribution in [-0.4, -0.2) is 53.4 Å². The van der Waals surface area contributed by atoms with Gasteiger partial charge in [0.05, 0.1) is 6.61 Å². The molecule has 1 aromatic carbocycles. The molecule has 0 aliphatic rings. The molecule has 0 aliphatic heterocycles. The van der Waals surface area contributed by atoms with Gasteiger partial charge in [0.25, 0.3) is 0 Å². The third kappa shape index (κ3) is 4.96. The lowest BCUT2D eigenvalue weighted by atomic mass is 10.2. The van der Waals surface area contributed by atoms with Crippen LogP contribution in [0.5, 0.6) is 5.75 Å². The molecular formula is C14H20N2O5. The van der Waals surface area contributed by atoms with Crippen LogP contribution in [0.3, 0.4) is 0 Å². The van der Waals surface area contributed by atoms with E-state index in [0.29, 0.717) is 32.0 Å². The number of carbonyl (C=O) groups excluding carboxylic acids is 1. The lowest BCUT2D eigenvalue weighted by molar-refractivity contribution is 0.0694. The van der Waals surface area contributed by atoms with Gasteiger partial charge in [0.2, 0.25) is 0 Å². The van der Waals surface area contributed by atoms with Crippen LogP contribution in [0.1, 0.15) is 24.2 Å². The number of phenols is 1. The van der Waals surface area contributed by atoms with Crippen molar-refractivity contribution in [3.63, 3.8) is 0 Å². The van der Waals surface area contributed by atoms with Gasteiger partial charge in [0.1, 0.15) is 11.3 Å². The second-order valence-electron chi connectivity index (χ2n) is 4.24. The summed E-state index contributed by atoms with van der Waals surface area (Å²) in [6, 6.07) is 3.54. The van der Waals surface area contributed by atoms with E-state index in [4.69, 9.17) is 9.84 Å². The number of aromatic carboxylic acids is 1. The minimum Gasteiger partial charge on any atom is -0.507 e. The van der Waals surface area contributed by atoms with Crippen molar-refractivity contribution >= 4 is 17.7 Å². The van der Waals surface area contributed by atoms with Gasteiger partial charge < -0.3 is 25.2 Å². The molecule has 3 N–H and O–H groups in total. The summed E-state index contributed by atoms with van der Waals surface area (Å²) < 4.78 is 5.20. The van der Waals surface area contributed by atoms with Crippen LogP contribution in [-0.2, 0) is 4.74 Å². The molecule has 0 unspecified atom stereocenters. The summed E-state index contributed by atoms with van der Waals surface area (Å²) in [5.41, 5.74) is 0.119. The largest absolute Gasteiger partial charge is 0.507 e. The Morgan fingerprint density at radius 1 is 1.33 bits per heavy atom. The smallest absolute Gasteiger partial charge is 0.339 e. The fourth-order valence-electron chi connectivity index (χ4n) is 1.72. The number of hydrogen-bond donors (Lipinski definition) is 3. The van der Waals surface area contributed by atoms with Crippen LogP contribution < -0.4 is 5.32 Å². The normalized spacial score (nSPS) is 10.2. The molecule has 0 heterocycles. The summed E-state index contributed by atoms with van der Waals surface area (Å²) in [4.78, 5) is 24.4. The first-order valence-corrected chi connectivity index (χ1v) is 6.69. The summed E-state index contributed by atoms with van der Waals surface area (Å²) in [7, 11) is 0. The number of hydrogen-bond acceptors (Lipinski definition) is 4. The highest BCUT2D eigenvalue weighted by molar-refractivity contribution is 5.93. The number of likely N-dealkylation sites (N-methyl/N-ethyl adjacent to an activating group) is 1. The van der Waals surface area contributed by atoms with Gasteiger partial charge in [-0.2, -0.15) is 0 Å². The zero-order valence-corrected chi connectivity index (χ0v) is 12.1. The fraction of sp³-hybridized carbons (Fsp3) is 0.429. The lowest BCUT2D eigenvalue weighted by Crippen LogP contribution is -2.37. The molecule has 116 valence electrons. The Balaban J connectivity index is 2.68. The number of anilines is 1. The van der Waals surface area contributed by atoms with Crippen LogP contribution in [0, 0.1) is 0 Å². The highest BCUT2D eigenvalue weighted by Gasteiger charge is 2.14. The van der Waals surface area contributed by atoms with Crippen molar-refractivity contribution in [3.05, 3.63) is 23.8 Å². The average molecular weight is 296 g/mol. The number of amides is 2. The van der Waals surface area contributed by atoms with Gasteiger partial charge in [-0.15, -0.1) is 0 Å². The zero-order chi connectivity index (χ0) is 15.8. The predicted molar refractivity (Wildman–Crippen MR) is 77.8 cm³/mol. The fourth-order valence-corrected chi connectivity index (χ4v) is 1.72. The molecule has 0 bridgehead atoms. The molecule has 0 spiro atoms. The van der Waals surface area contributed by atoms with Gasteiger partial charge in [-0.3, -0.25) is 0 Å². The minimum atomic E-state index is -1.22. The van der Waals surface area contributed by atoms with Crippen molar-refractivity contribution in [2.75, 3.05) is 31.6 Å². The number of carbonyl (C=O) groups is 2. The summed E-state index contributed by atoms with van der Waals surface area (Å²) in [5.74, 6) is -1.62. The molecule has 0 atom stereocenters. The number of urea groups is 1. The third-order valence-corrected chi connectivity index (χ3v) is 2.86. The number of nitrogens with zero attached hydrogens (tertiary/aromatic N) is 1. The van der Waals surface area contributed by atoms with E-state index in [-0.39, 0.29) is 11.6 Å². The molecule has 7 heteroatoms. The van der Waals surface area contributed by atoms with E-state index in [9.17, 15) is 14.7 Å². The first kappa shape index (κ1) is 16.8. The first-order valence-electron chi connectivity index (χ1n) is 6.69. The van der Waals surface area contributed by atoms with E-state index < -0.39 is 11.7 Å². The quantitative estimate of drug-likeness (QED) is 0.668. The Kier molecular flexibility index (Phi) is 6.48. The average Bonchev–Trinajstić information content (AvgIpc) is 2.43. The maximum absolute atomic E-state index is 12.0. The highest BCUT2D eigenvalue weighted by atomic mass is 16.5. The molecule has 21 heavy (non-hydrogen) atoms. The molecule has 0 fully saturated rings. The SMILES string of the molecule is CCOCCN(CC)C(=O)Nc1ccc(C(=O)O)c(O)c1. The monoisotopic (exact) mass is 296 g/mol. The maximum Gasteiger partial charge on any atom is 0.339 e. The molecule has 0 saturated carbocycles. The molecule has 1 rings (SSSR count). The number of carboxylic acid groups (broad SMARTS) is 1. The van der Waals surface area contributed by atoms with Crippen molar-refractivity contribution in [2.45, 2.75) is 13.8 Å². The van der Waals surface area contributed by atoms with E-state index in [1.807, 2.05) is 13.8 Å². The molecule has 1 aromatic rings. The number of aromatic hydroxyl groups is 1. The second kappa shape index (κ2) is 8.11. The molecular weight excluding hydrogens is 276 g/mol. The van der Waals surface area contributed by atoms with Crippen LogP contribution in [0.2, 0.25) is 0 Å². The molecule has 0 radical (unpaired) electrons. The van der Waals surface area contributed by atoms with E-state index in [1.54, 1.807) is 4.90 Å². The number of carboxylic acids is 1. The van der Waals surface area contributed by atoms with Gasteiger partial charge in [-0.05, 0) is 26.0 Å². The van der Waals surface area contributed by atoms with Gasteiger partial charge in [0, 0.05) is 31.5 Å². The summed E-state index contributed by atoms with van der Waals surface area (Å²) in [6.07, 6.45) is 0.